The Morgan fingerprint density at radius 2 is 1.62 bits per heavy atom. The number of methoxy groups -OCH3 is 2. The van der Waals surface area contributed by atoms with Crippen LogP contribution in [0.5, 0.6) is 17.2 Å². The van der Waals surface area contributed by atoms with Gasteiger partial charge in [0, 0.05) is 42.0 Å². The number of benzene rings is 2. The number of phenols is 1. The lowest BCUT2D eigenvalue weighted by atomic mass is 9.95. The first kappa shape index (κ1) is 18.0. The van der Waals surface area contributed by atoms with Gasteiger partial charge in [-0.05, 0) is 42.7 Å². The molecule has 136 valence electrons. The average molecular weight is 354 g/mol. The molecule has 2 aromatic rings. The van der Waals surface area contributed by atoms with Crippen LogP contribution in [0.4, 0.5) is 0 Å². The van der Waals surface area contributed by atoms with Crippen LogP contribution in [-0.4, -0.2) is 30.9 Å². The van der Waals surface area contributed by atoms with E-state index in [1.807, 2.05) is 6.07 Å². The highest BCUT2D eigenvalue weighted by Crippen LogP contribution is 2.41. The summed E-state index contributed by atoms with van der Waals surface area (Å²) in [7, 11) is 3.12. The van der Waals surface area contributed by atoms with Gasteiger partial charge in [0.1, 0.15) is 23.0 Å². The smallest absolute Gasteiger partial charge is 0.162 e. The summed E-state index contributed by atoms with van der Waals surface area (Å²) in [5.41, 5.74) is 2.58. The van der Waals surface area contributed by atoms with Gasteiger partial charge in [-0.15, -0.1) is 0 Å². The number of rotatable bonds is 2. The molecule has 1 aliphatic rings. The van der Waals surface area contributed by atoms with Gasteiger partial charge in [-0.25, -0.2) is 0 Å². The molecule has 0 aliphatic heterocycles. The maximum Gasteiger partial charge on any atom is 0.162 e. The molecule has 0 aromatic heterocycles. The van der Waals surface area contributed by atoms with E-state index in [1.165, 1.54) is 6.07 Å². The van der Waals surface area contributed by atoms with Crippen molar-refractivity contribution in [2.45, 2.75) is 32.1 Å². The summed E-state index contributed by atoms with van der Waals surface area (Å²) >= 11 is 0. The highest BCUT2D eigenvalue weighted by Gasteiger charge is 2.19. The van der Waals surface area contributed by atoms with Crippen molar-refractivity contribution in [2.24, 2.45) is 0 Å². The van der Waals surface area contributed by atoms with Crippen LogP contribution in [-0.2, 0) is 11.2 Å². The fourth-order valence-electron chi connectivity index (χ4n) is 3.29. The summed E-state index contributed by atoms with van der Waals surface area (Å²) in [6, 6.07) is 8.44. The van der Waals surface area contributed by atoms with Gasteiger partial charge < -0.3 is 14.6 Å². The average Bonchev–Trinajstić information content (AvgIpc) is 2.65. The Hall–Kier alpha value is -2.82. The van der Waals surface area contributed by atoms with Crippen molar-refractivity contribution in [3.63, 3.8) is 0 Å². The van der Waals surface area contributed by atoms with Crippen LogP contribution >= 0.6 is 0 Å². The second kappa shape index (κ2) is 7.60. The third-order valence-corrected chi connectivity index (χ3v) is 4.74. The quantitative estimate of drug-likeness (QED) is 0.884. The number of Topliss-reactive ketones (excluding diaryl/α,β-unsaturated/α-hetero) is 2. The Morgan fingerprint density at radius 3 is 2.35 bits per heavy atom. The molecule has 0 saturated heterocycles. The van der Waals surface area contributed by atoms with Gasteiger partial charge in [0.2, 0.25) is 0 Å². The second-order valence-corrected chi connectivity index (χ2v) is 6.41. The van der Waals surface area contributed by atoms with Gasteiger partial charge in [-0.2, -0.15) is 0 Å². The van der Waals surface area contributed by atoms with E-state index in [4.69, 9.17) is 9.47 Å². The lowest BCUT2D eigenvalue weighted by Crippen LogP contribution is -2.04. The number of phenolic OH excluding ortho intramolecular Hbond substituents is 1. The van der Waals surface area contributed by atoms with E-state index in [0.29, 0.717) is 60.3 Å². The summed E-state index contributed by atoms with van der Waals surface area (Å²) in [6.07, 6.45) is 2.16. The Morgan fingerprint density at radius 1 is 0.846 bits per heavy atom. The molecule has 0 amide bonds. The normalized spacial score (nSPS) is 14.8. The summed E-state index contributed by atoms with van der Waals surface area (Å²) in [5.74, 6) is 1.34. The summed E-state index contributed by atoms with van der Waals surface area (Å²) in [4.78, 5) is 24.6. The monoisotopic (exact) mass is 354 g/mol. The molecular formula is C21H22O5. The zero-order valence-corrected chi connectivity index (χ0v) is 15.0. The molecule has 2 aromatic carbocycles. The van der Waals surface area contributed by atoms with Crippen LogP contribution in [0.1, 0.15) is 41.6 Å². The van der Waals surface area contributed by atoms with Crippen LogP contribution in [0, 0.1) is 0 Å². The maximum absolute atomic E-state index is 12.4. The topological polar surface area (TPSA) is 72.8 Å². The third kappa shape index (κ3) is 3.57. The van der Waals surface area contributed by atoms with Gasteiger partial charge in [0.05, 0.1) is 14.2 Å². The number of hydrogen-bond donors (Lipinski definition) is 1. The summed E-state index contributed by atoms with van der Waals surface area (Å²) in [6.45, 7) is 0. The Balaban J connectivity index is 2.22. The van der Waals surface area contributed by atoms with Crippen LogP contribution < -0.4 is 9.47 Å². The van der Waals surface area contributed by atoms with Crippen molar-refractivity contribution in [1.29, 1.82) is 0 Å². The molecule has 3 rings (SSSR count). The van der Waals surface area contributed by atoms with Crippen molar-refractivity contribution in [1.82, 2.24) is 0 Å². The van der Waals surface area contributed by atoms with Gasteiger partial charge in [-0.1, -0.05) is 0 Å². The Kier molecular flexibility index (Phi) is 5.26. The van der Waals surface area contributed by atoms with Crippen LogP contribution in [0.2, 0.25) is 0 Å². The summed E-state index contributed by atoms with van der Waals surface area (Å²) < 4.78 is 10.9. The number of carbonyl (C=O) groups excluding carboxylic acids is 2. The van der Waals surface area contributed by atoms with Gasteiger partial charge in [-0.3, -0.25) is 9.59 Å². The van der Waals surface area contributed by atoms with Gasteiger partial charge in [0.25, 0.3) is 0 Å². The van der Waals surface area contributed by atoms with E-state index in [9.17, 15) is 14.7 Å². The molecule has 1 aliphatic carbocycles. The first-order valence-corrected chi connectivity index (χ1v) is 8.66. The van der Waals surface area contributed by atoms with Crippen molar-refractivity contribution >= 4 is 11.6 Å². The Labute approximate surface area is 152 Å². The first-order valence-electron chi connectivity index (χ1n) is 8.66. The molecular weight excluding hydrogens is 332 g/mol. The van der Waals surface area contributed by atoms with Gasteiger partial charge >= 0.3 is 0 Å². The first-order chi connectivity index (χ1) is 12.5. The third-order valence-electron chi connectivity index (χ3n) is 4.74. The SMILES string of the molecule is COc1cc(OC)c2cc1CCC(=O)CCCC(=O)c1ccc(O)c-2c1. The minimum Gasteiger partial charge on any atom is -0.507 e. The maximum atomic E-state index is 12.4. The number of carbonyl (C=O) groups is 2. The predicted molar refractivity (Wildman–Crippen MR) is 98.2 cm³/mol. The molecule has 5 heteroatoms. The minimum atomic E-state index is -0.0361. The number of hydrogen-bond acceptors (Lipinski definition) is 5. The molecule has 0 unspecified atom stereocenters. The van der Waals surface area contributed by atoms with Crippen molar-refractivity contribution in [2.75, 3.05) is 14.2 Å². The molecule has 0 atom stereocenters. The van der Waals surface area contributed by atoms with Crippen molar-refractivity contribution < 1.29 is 24.2 Å². The van der Waals surface area contributed by atoms with Crippen LogP contribution in [0.15, 0.2) is 30.3 Å². The van der Waals surface area contributed by atoms with E-state index < -0.39 is 0 Å². The molecule has 0 heterocycles. The molecule has 26 heavy (non-hydrogen) atoms. The van der Waals surface area contributed by atoms with E-state index in [2.05, 4.69) is 0 Å². The number of ether oxygens (including phenoxy) is 2. The predicted octanol–water partition coefficient (Wildman–Crippen LogP) is 3.94. The van der Waals surface area contributed by atoms with Crippen molar-refractivity contribution in [3.05, 3.63) is 41.5 Å². The van der Waals surface area contributed by atoms with Crippen LogP contribution in [0.3, 0.4) is 0 Å². The molecule has 1 N–H and O–H groups in total. The number of aryl methyl sites for hydroxylation is 1. The largest absolute Gasteiger partial charge is 0.507 e. The van der Waals surface area contributed by atoms with E-state index in [0.717, 1.165) is 5.56 Å². The fraction of sp³-hybridized carbons (Fsp3) is 0.333. The Bertz CT molecular complexity index is 854. The number of fused-ring (bicyclic) bond motifs is 5. The van der Waals surface area contributed by atoms with E-state index in [-0.39, 0.29) is 17.3 Å². The molecule has 4 bridgehead atoms. The second-order valence-electron chi connectivity index (χ2n) is 6.41. The zero-order valence-electron chi connectivity index (χ0n) is 15.0. The molecule has 5 nitrogen and oxygen atoms in total. The lowest BCUT2D eigenvalue weighted by molar-refractivity contribution is -0.119. The van der Waals surface area contributed by atoms with E-state index in [1.54, 1.807) is 32.4 Å². The number of aromatic hydroxyl groups is 1. The van der Waals surface area contributed by atoms with Gasteiger partial charge in [0.15, 0.2) is 5.78 Å². The van der Waals surface area contributed by atoms with Crippen LogP contribution in [0.25, 0.3) is 11.1 Å². The molecule has 0 saturated carbocycles. The van der Waals surface area contributed by atoms with E-state index >= 15 is 0 Å². The highest BCUT2D eigenvalue weighted by atomic mass is 16.5. The molecule has 0 fully saturated rings. The number of ketones is 2. The lowest BCUT2D eigenvalue weighted by Gasteiger charge is -2.16. The fourth-order valence-corrected chi connectivity index (χ4v) is 3.29. The summed E-state index contributed by atoms with van der Waals surface area (Å²) in [5, 5.41) is 10.4. The zero-order chi connectivity index (χ0) is 18.7. The molecule has 0 radical (unpaired) electrons. The molecule has 0 spiro atoms. The van der Waals surface area contributed by atoms with Crippen molar-refractivity contribution in [3.8, 4) is 28.4 Å². The highest BCUT2D eigenvalue weighted by molar-refractivity contribution is 5.98. The standard InChI is InChI=1S/C21H22O5/c1-25-20-12-21(26-2)17-11-14(20)6-8-15(22)4-3-5-18(23)13-7-9-19(24)16(17)10-13/h7,9-12,24H,3-6,8H2,1-2H3. The minimum absolute atomic E-state index is 0.0361.